The van der Waals surface area contributed by atoms with Gasteiger partial charge in [-0.05, 0) is 29.8 Å². The van der Waals surface area contributed by atoms with Crippen molar-refractivity contribution < 1.29 is 9.53 Å². The Hall–Kier alpha value is -3.00. The van der Waals surface area contributed by atoms with E-state index in [-0.39, 0.29) is 5.91 Å². The summed E-state index contributed by atoms with van der Waals surface area (Å²) < 4.78 is 7.37. The number of halogens is 1. The molecule has 8 heteroatoms. The average Bonchev–Trinajstić information content (AvgIpc) is 3.39. The molecule has 0 aliphatic carbocycles. The highest BCUT2D eigenvalue weighted by Gasteiger charge is 2.27. The van der Waals surface area contributed by atoms with E-state index >= 15 is 0 Å². The summed E-state index contributed by atoms with van der Waals surface area (Å²) in [5, 5.41) is 1.94. The number of anilines is 1. The predicted molar refractivity (Wildman–Crippen MR) is 128 cm³/mol. The summed E-state index contributed by atoms with van der Waals surface area (Å²) in [6, 6.07) is 17.3. The highest BCUT2D eigenvalue weighted by atomic mass is 35.5. The van der Waals surface area contributed by atoms with Crippen LogP contribution >= 0.6 is 34.3 Å². The summed E-state index contributed by atoms with van der Waals surface area (Å²) in [7, 11) is 1.61. The van der Waals surface area contributed by atoms with Crippen molar-refractivity contribution in [3.8, 4) is 5.75 Å². The molecule has 0 saturated carbocycles. The van der Waals surface area contributed by atoms with E-state index in [0.717, 1.165) is 25.9 Å². The van der Waals surface area contributed by atoms with Crippen LogP contribution in [0.25, 0.3) is 20.3 Å². The smallest absolute Gasteiger partial charge is 0.272 e. The summed E-state index contributed by atoms with van der Waals surface area (Å²) in [6.07, 6.45) is 3.46. The maximum absolute atomic E-state index is 13.7. The minimum Gasteiger partial charge on any atom is -0.494 e. The quantitative estimate of drug-likeness (QED) is 0.300. The van der Waals surface area contributed by atoms with Gasteiger partial charge in [-0.25, -0.2) is 4.98 Å². The van der Waals surface area contributed by atoms with E-state index in [4.69, 9.17) is 21.3 Å². The Bertz CT molecular complexity index is 1400. The van der Waals surface area contributed by atoms with Gasteiger partial charge in [-0.15, -0.1) is 11.3 Å². The van der Waals surface area contributed by atoms with Crippen LogP contribution in [-0.4, -0.2) is 23.0 Å². The largest absolute Gasteiger partial charge is 0.494 e. The molecule has 0 radical (unpaired) electrons. The van der Waals surface area contributed by atoms with E-state index in [1.54, 1.807) is 24.4 Å². The molecule has 0 aliphatic heterocycles. The highest BCUT2D eigenvalue weighted by molar-refractivity contribution is 7.23. The fourth-order valence-corrected chi connectivity index (χ4v) is 5.81. The molecule has 0 fully saturated rings. The third-order valence-electron chi connectivity index (χ3n) is 4.86. The van der Waals surface area contributed by atoms with Crippen molar-refractivity contribution in [3.63, 3.8) is 0 Å². The number of carbonyl (C=O) groups excluding carboxylic acids is 1. The Morgan fingerprint density at radius 2 is 1.90 bits per heavy atom. The number of aromatic nitrogens is 2. The lowest BCUT2D eigenvalue weighted by Crippen LogP contribution is -2.30. The van der Waals surface area contributed by atoms with E-state index < -0.39 is 0 Å². The second kappa shape index (κ2) is 8.26. The molecular formula is C23H16ClN3O2S2. The number of amides is 1. The van der Waals surface area contributed by atoms with Crippen molar-refractivity contribution in [2.75, 3.05) is 12.0 Å². The molecule has 0 spiro atoms. The van der Waals surface area contributed by atoms with Gasteiger partial charge in [-0.2, -0.15) is 0 Å². The first kappa shape index (κ1) is 19.9. The first-order valence-electron chi connectivity index (χ1n) is 9.47. The predicted octanol–water partition coefficient (Wildman–Crippen LogP) is 6.42. The van der Waals surface area contributed by atoms with Gasteiger partial charge in [0.05, 0.1) is 23.4 Å². The standard InChI is InChI=1S/C23H16ClN3O2S2/c1-29-16-8-4-10-18-20(16)26-23(31-18)27(13-14-6-5-11-25-12-14)22(28)21-19(24)15-7-2-3-9-17(15)30-21/h2-12H,13H2,1H3. The Morgan fingerprint density at radius 1 is 1.06 bits per heavy atom. The third kappa shape index (κ3) is 3.65. The van der Waals surface area contributed by atoms with Gasteiger partial charge >= 0.3 is 0 Å². The maximum atomic E-state index is 13.7. The fourth-order valence-electron chi connectivity index (χ4n) is 3.37. The van der Waals surface area contributed by atoms with Crippen molar-refractivity contribution in [1.82, 2.24) is 9.97 Å². The number of pyridine rings is 1. The topological polar surface area (TPSA) is 55.3 Å². The van der Waals surface area contributed by atoms with Gasteiger partial charge in [0.2, 0.25) is 0 Å². The average molecular weight is 466 g/mol. The summed E-state index contributed by atoms with van der Waals surface area (Å²) in [5.74, 6) is 0.488. The lowest BCUT2D eigenvalue weighted by molar-refractivity contribution is 0.0989. The third-order valence-corrected chi connectivity index (χ3v) is 7.57. The molecule has 0 aliphatic rings. The second-order valence-electron chi connectivity index (χ2n) is 6.80. The van der Waals surface area contributed by atoms with Gasteiger partial charge in [-0.1, -0.05) is 53.3 Å². The van der Waals surface area contributed by atoms with Gasteiger partial charge < -0.3 is 4.74 Å². The Morgan fingerprint density at radius 3 is 2.68 bits per heavy atom. The number of ether oxygens (including phenoxy) is 1. The van der Waals surface area contributed by atoms with Crippen LogP contribution in [0.2, 0.25) is 5.02 Å². The van der Waals surface area contributed by atoms with E-state index in [1.165, 1.54) is 22.7 Å². The number of nitrogens with zero attached hydrogens (tertiary/aromatic N) is 3. The molecular weight excluding hydrogens is 450 g/mol. The van der Waals surface area contributed by atoms with E-state index in [0.29, 0.717) is 27.3 Å². The van der Waals surface area contributed by atoms with Crippen LogP contribution in [0.3, 0.4) is 0 Å². The van der Waals surface area contributed by atoms with E-state index in [9.17, 15) is 4.79 Å². The zero-order valence-corrected chi connectivity index (χ0v) is 18.8. The van der Waals surface area contributed by atoms with Crippen LogP contribution in [0.15, 0.2) is 67.0 Å². The number of fused-ring (bicyclic) bond motifs is 2. The number of methoxy groups -OCH3 is 1. The monoisotopic (exact) mass is 465 g/mol. The van der Waals surface area contributed by atoms with Crippen LogP contribution in [0.1, 0.15) is 15.2 Å². The number of rotatable bonds is 5. The summed E-state index contributed by atoms with van der Waals surface area (Å²) in [6.45, 7) is 0.333. The number of hydrogen-bond donors (Lipinski definition) is 0. The molecule has 0 bridgehead atoms. The van der Waals surface area contributed by atoms with Gasteiger partial charge in [0, 0.05) is 22.5 Å². The van der Waals surface area contributed by atoms with Gasteiger partial charge in [0.1, 0.15) is 16.1 Å². The Balaban J connectivity index is 1.63. The first-order chi connectivity index (χ1) is 15.2. The Labute approximate surface area is 191 Å². The lowest BCUT2D eigenvalue weighted by Gasteiger charge is -2.19. The fraction of sp³-hybridized carbons (Fsp3) is 0.0870. The number of benzene rings is 2. The molecule has 0 atom stereocenters. The summed E-state index contributed by atoms with van der Waals surface area (Å²) >= 11 is 9.46. The van der Waals surface area contributed by atoms with Gasteiger partial charge in [0.25, 0.3) is 5.91 Å². The molecule has 154 valence electrons. The maximum Gasteiger partial charge on any atom is 0.272 e. The molecule has 31 heavy (non-hydrogen) atoms. The molecule has 5 rings (SSSR count). The van der Waals surface area contributed by atoms with Crippen LogP contribution < -0.4 is 9.64 Å². The molecule has 0 saturated heterocycles. The number of para-hydroxylation sites is 1. The molecule has 5 aromatic rings. The van der Waals surface area contributed by atoms with Crippen molar-refractivity contribution in [2.45, 2.75) is 6.54 Å². The zero-order valence-electron chi connectivity index (χ0n) is 16.4. The number of carbonyl (C=O) groups is 1. The first-order valence-corrected chi connectivity index (χ1v) is 11.5. The summed E-state index contributed by atoms with van der Waals surface area (Å²) in [5.41, 5.74) is 1.63. The van der Waals surface area contributed by atoms with Crippen molar-refractivity contribution >= 4 is 65.6 Å². The molecule has 0 N–H and O–H groups in total. The number of thiazole rings is 1. The van der Waals surface area contributed by atoms with E-state index in [2.05, 4.69) is 4.98 Å². The van der Waals surface area contributed by atoms with Gasteiger partial charge in [-0.3, -0.25) is 14.7 Å². The van der Waals surface area contributed by atoms with Crippen LogP contribution in [-0.2, 0) is 6.54 Å². The summed E-state index contributed by atoms with van der Waals surface area (Å²) in [4.78, 5) is 24.8. The van der Waals surface area contributed by atoms with E-state index in [1.807, 2.05) is 54.6 Å². The van der Waals surface area contributed by atoms with Crippen LogP contribution in [0.4, 0.5) is 5.13 Å². The lowest BCUT2D eigenvalue weighted by atomic mass is 10.2. The Kier molecular flexibility index (Phi) is 5.31. The van der Waals surface area contributed by atoms with Crippen molar-refractivity contribution in [2.24, 2.45) is 0 Å². The molecule has 0 unspecified atom stereocenters. The number of thiophene rings is 1. The molecule has 5 nitrogen and oxygen atoms in total. The molecule has 1 amide bonds. The molecule has 3 aromatic heterocycles. The van der Waals surface area contributed by atoms with Crippen LogP contribution in [0, 0.1) is 0 Å². The highest BCUT2D eigenvalue weighted by Crippen LogP contribution is 2.39. The minimum atomic E-state index is -0.187. The van der Waals surface area contributed by atoms with Crippen molar-refractivity contribution in [3.05, 3.63) is 82.5 Å². The van der Waals surface area contributed by atoms with Crippen molar-refractivity contribution in [1.29, 1.82) is 0 Å². The second-order valence-corrected chi connectivity index (χ2v) is 9.24. The SMILES string of the molecule is COc1cccc2sc(N(Cc3cccnc3)C(=O)c3sc4ccccc4c3Cl)nc12. The van der Waals surface area contributed by atoms with Crippen LogP contribution in [0.5, 0.6) is 5.75 Å². The normalized spacial score (nSPS) is 11.2. The molecule has 2 aromatic carbocycles. The molecule has 3 heterocycles. The minimum absolute atomic E-state index is 0.187. The number of hydrogen-bond acceptors (Lipinski definition) is 6. The van der Waals surface area contributed by atoms with Gasteiger partial charge in [0.15, 0.2) is 5.13 Å². The zero-order chi connectivity index (χ0) is 21.4.